The molecule has 2 aromatic rings. The van der Waals surface area contributed by atoms with Gasteiger partial charge in [0, 0.05) is 51.5 Å². The molecule has 0 aromatic heterocycles. The number of halogens is 1. The number of benzene rings is 2. The first-order chi connectivity index (χ1) is 13.7. The molecule has 6 nitrogen and oxygen atoms in total. The van der Waals surface area contributed by atoms with E-state index in [1.54, 1.807) is 7.11 Å². The van der Waals surface area contributed by atoms with E-state index in [2.05, 4.69) is 50.4 Å². The lowest BCUT2D eigenvalue weighted by atomic mass is 10.2. The van der Waals surface area contributed by atoms with Gasteiger partial charge in [-0.05, 0) is 23.8 Å². The largest absolute Gasteiger partial charge is 0.496 e. The number of nitrogens with zero attached hydrogens (tertiary/aromatic N) is 3. The normalized spacial score (nSPS) is 14.2. The zero-order valence-electron chi connectivity index (χ0n) is 17.4. The highest BCUT2D eigenvalue weighted by Crippen LogP contribution is 2.19. The lowest BCUT2D eigenvalue weighted by Crippen LogP contribution is -2.38. The maximum Gasteiger partial charge on any atom is 0.193 e. The molecule has 158 valence electrons. The SMILES string of the molecule is CN=C(NCc1ccc(N2CCOCC2)cc1)N(C)Cc1ccccc1OC.I. The monoisotopic (exact) mass is 510 g/mol. The van der Waals surface area contributed by atoms with Crippen molar-refractivity contribution in [2.45, 2.75) is 13.1 Å². The van der Waals surface area contributed by atoms with E-state index in [1.807, 2.05) is 32.3 Å². The number of morpholine rings is 1. The van der Waals surface area contributed by atoms with Crippen molar-refractivity contribution in [2.75, 3.05) is 52.4 Å². The minimum atomic E-state index is 0. The Labute approximate surface area is 190 Å². The van der Waals surface area contributed by atoms with Gasteiger partial charge >= 0.3 is 0 Å². The Balaban J connectivity index is 0.00000300. The molecule has 1 N–H and O–H groups in total. The molecule has 0 atom stereocenters. The predicted octanol–water partition coefficient (Wildman–Crippen LogP) is 3.36. The summed E-state index contributed by atoms with van der Waals surface area (Å²) in [6.45, 7) is 4.97. The minimum absolute atomic E-state index is 0. The highest BCUT2D eigenvalue weighted by molar-refractivity contribution is 14.0. The van der Waals surface area contributed by atoms with E-state index in [9.17, 15) is 0 Å². The molecular weight excluding hydrogens is 479 g/mol. The standard InChI is InChI=1S/C22H30N4O2.HI/c1-23-22(25(2)17-19-6-4-5-7-21(19)27-3)24-16-18-8-10-20(11-9-18)26-12-14-28-15-13-26;/h4-11H,12-17H2,1-3H3,(H,23,24);1H. The van der Waals surface area contributed by atoms with E-state index >= 15 is 0 Å². The van der Waals surface area contributed by atoms with Crippen molar-refractivity contribution in [2.24, 2.45) is 4.99 Å². The van der Waals surface area contributed by atoms with Gasteiger partial charge in [0.25, 0.3) is 0 Å². The molecule has 1 fully saturated rings. The van der Waals surface area contributed by atoms with E-state index in [4.69, 9.17) is 9.47 Å². The van der Waals surface area contributed by atoms with Gasteiger partial charge in [-0.15, -0.1) is 24.0 Å². The Morgan fingerprint density at radius 3 is 2.48 bits per heavy atom. The van der Waals surface area contributed by atoms with Crippen LogP contribution in [0.1, 0.15) is 11.1 Å². The Hall–Kier alpha value is -2.00. The molecular formula is C22H31IN4O2. The van der Waals surface area contributed by atoms with Gasteiger partial charge in [0.05, 0.1) is 20.3 Å². The number of rotatable bonds is 6. The van der Waals surface area contributed by atoms with E-state index < -0.39 is 0 Å². The summed E-state index contributed by atoms with van der Waals surface area (Å²) in [6, 6.07) is 16.8. The Morgan fingerprint density at radius 2 is 1.83 bits per heavy atom. The van der Waals surface area contributed by atoms with Gasteiger partial charge in [-0.1, -0.05) is 30.3 Å². The summed E-state index contributed by atoms with van der Waals surface area (Å²) in [5, 5.41) is 3.44. The number of methoxy groups -OCH3 is 1. The highest BCUT2D eigenvalue weighted by Gasteiger charge is 2.12. The van der Waals surface area contributed by atoms with Crippen molar-refractivity contribution in [3.05, 3.63) is 59.7 Å². The summed E-state index contributed by atoms with van der Waals surface area (Å²) in [5.41, 5.74) is 3.61. The lowest BCUT2D eigenvalue weighted by molar-refractivity contribution is 0.122. The Morgan fingerprint density at radius 1 is 1.14 bits per heavy atom. The second kappa shape index (κ2) is 11.9. The van der Waals surface area contributed by atoms with E-state index in [0.29, 0.717) is 0 Å². The van der Waals surface area contributed by atoms with Crippen molar-refractivity contribution in [3.63, 3.8) is 0 Å². The zero-order chi connectivity index (χ0) is 19.8. The number of guanidine groups is 1. The second-order valence-electron chi connectivity index (χ2n) is 6.83. The van der Waals surface area contributed by atoms with Gasteiger partial charge in [0.1, 0.15) is 5.75 Å². The van der Waals surface area contributed by atoms with Crippen LogP contribution < -0.4 is 15.0 Å². The Bertz CT molecular complexity index is 777. The van der Waals surface area contributed by atoms with Crippen LogP contribution in [-0.2, 0) is 17.8 Å². The molecule has 0 bridgehead atoms. The average Bonchev–Trinajstić information content (AvgIpc) is 2.75. The topological polar surface area (TPSA) is 49.3 Å². The highest BCUT2D eigenvalue weighted by atomic mass is 127. The van der Waals surface area contributed by atoms with Crippen LogP contribution in [0.2, 0.25) is 0 Å². The van der Waals surface area contributed by atoms with Crippen molar-refractivity contribution in [1.29, 1.82) is 0 Å². The molecule has 0 amide bonds. The summed E-state index contributed by atoms with van der Waals surface area (Å²) < 4.78 is 10.9. The molecule has 1 aliphatic heterocycles. The zero-order valence-corrected chi connectivity index (χ0v) is 19.8. The third kappa shape index (κ3) is 6.50. The molecule has 0 aliphatic carbocycles. The molecule has 7 heteroatoms. The summed E-state index contributed by atoms with van der Waals surface area (Å²) in [4.78, 5) is 8.87. The molecule has 0 spiro atoms. The fraction of sp³-hybridized carbons (Fsp3) is 0.409. The summed E-state index contributed by atoms with van der Waals surface area (Å²) >= 11 is 0. The fourth-order valence-electron chi connectivity index (χ4n) is 3.38. The first-order valence-electron chi connectivity index (χ1n) is 9.66. The number of nitrogens with one attached hydrogen (secondary N) is 1. The molecule has 1 heterocycles. The van der Waals surface area contributed by atoms with Crippen LogP contribution in [0.5, 0.6) is 5.75 Å². The minimum Gasteiger partial charge on any atom is -0.496 e. The third-order valence-electron chi connectivity index (χ3n) is 4.94. The van der Waals surface area contributed by atoms with Gasteiger partial charge in [-0.25, -0.2) is 0 Å². The molecule has 2 aromatic carbocycles. The van der Waals surface area contributed by atoms with Gasteiger partial charge in [-0.2, -0.15) is 0 Å². The van der Waals surface area contributed by atoms with E-state index in [1.165, 1.54) is 11.3 Å². The third-order valence-corrected chi connectivity index (χ3v) is 4.94. The van der Waals surface area contributed by atoms with Crippen LogP contribution in [0.4, 0.5) is 5.69 Å². The number of anilines is 1. The van der Waals surface area contributed by atoms with Crippen LogP contribution in [0, 0.1) is 0 Å². The lowest BCUT2D eigenvalue weighted by Gasteiger charge is -2.29. The second-order valence-corrected chi connectivity index (χ2v) is 6.83. The van der Waals surface area contributed by atoms with Gasteiger partial charge < -0.3 is 24.6 Å². The smallest absolute Gasteiger partial charge is 0.193 e. The summed E-state index contributed by atoms with van der Waals surface area (Å²) in [5.74, 6) is 1.74. The molecule has 3 rings (SSSR count). The van der Waals surface area contributed by atoms with Crippen LogP contribution >= 0.6 is 24.0 Å². The van der Waals surface area contributed by atoms with Gasteiger partial charge in [-0.3, -0.25) is 4.99 Å². The van der Waals surface area contributed by atoms with Crippen molar-refractivity contribution >= 4 is 35.6 Å². The van der Waals surface area contributed by atoms with Gasteiger partial charge in [0.15, 0.2) is 5.96 Å². The number of aliphatic imine (C=N–C) groups is 1. The number of hydrogen-bond donors (Lipinski definition) is 1. The predicted molar refractivity (Wildman–Crippen MR) is 130 cm³/mol. The van der Waals surface area contributed by atoms with Crippen molar-refractivity contribution in [1.82, 2.24) is 10.2 Å². The van der Waals surface area contributed by atoms with Crippen LogP contribution in [0.15, 0.2) is 53.5 Å². The molecule has 0 saturated carbocycles. The fourth-order valence-corrected chi connectivity index (χ4v) is 3.38. The Kier molecular flexibility index (Phi) is 9.53. The van der Waals surface area contributed by atoms with E-state index in [0.717, 1.165) is 56.7 Å². The molecule has 0 radical (unpaired) electrons. The quantitative estimate of drug-likeness (QED) is 0.367. The van der Waals surface area contributed by atoms with Crippen LogP contribution in [-0.4, -0.2) is 58.4 Å². The molecule has 0 unspecified atom stereocenters. The first-order valence-corrected chi connectivity index (χ1v) is 9.66. The van der Waals surface area contributed by atoms with Crippen molar-refractivity contribution in [3.8, 4) is 5.75 Å². The van der Waals surface area contributed by atoms with Gasteiger partial charge in [0.2, 0.25) is 0 Å². The summed E-state index contributed by atoms with van der Waals surface area (Å²) in [6.07, 6.45) is 0. The van der Waals surface area contributed by atoms with Crippen LogP contribution in [0.3, 0.4) is 0 Å². The maximum atomic E-state index is 5.45. The number of ether oxygens (including phenoxy) is 2. The molecule has 1 aliphatic rings. The number of para-hydroxylation sites is 1. The average molecular weight is 510 g/mol. The van der Waals surface area contributed by atoms with E-state index in [-0.39, 0.29) is 24.0 Å². The van der Waals surface area contributed by atoms with Crippen molar-refractivity contribution < 1.29 is 9.47 Å². The number of hydrogen-bond acceptors (Lipinski definition) is 4. The maximum absolute atomic E-state index is 5.45. The molecule has 1 saturated heterocycles. The van der Waals surface area contributed by atoms with Crippen LogP contribution in [0.25, 0.3) is 0 Å². The first kappa shape index (κ1) is 23.3. The summed E-state index contributed by atoms with van der Waals surface area (Å²) in [7, 11) is 5.54. The molecule has 29 heavy (non-hydrogen) atoms.